The van der Waals surface area contributed by atoms with Crippen LogP contribution in [0.3, 0.4) is 0 Å². The minimum atomic E-state index is 0.633. The molecule has 2 aromatic carbocycles. The fourth-order valence-electron chi connectivity index (χ4n) is 1.68. The number of hydrogen-bond acceptors (Lipinski definition) is 1. The van der Waals surface area contributed by atoms with Gasteiger partial charge in [0.05, 0.1) is 13.2 Å². The highest BCUT2D eigenvalue weighted by Crippen LogP contribution is 2.02. The molecule has 0 aliphatic heterocycles. The van der Waals surface area contributed by atoms with Gasteiger partial charge in [-0.1, -0.05) is 85.0 Å². The lowest BCUT2D eigenvalue weighted by atomic mass is 10.2. The maximum Gasteiger partial charge on any atom is 0.0721 e. The third-order valence-electron chi connectivity index (χ3n) is 2.66. The predicted molar refractivity (Wildman–Crippen MR) is 80.7 cm³/mol. The molecule has 19 heavy (non-hydrogen) atoms. The zero-order chi connectivity index (χ0) is 13.2. The Bertz CT molecular complexity index is 512. The molecule has 0 aliphatic rings. The second kappa shape index (κ2) is 8.06. The lowest BCUT2D eigenvalue weighted by molar-refractivity contribution is 0.148. The number of rotatable bonds is 6. The molecule has 0 unspecified atom stereocenters. The highest BCUT2D eigenvalue weighted by Gasteiger charge is 1.88. The van der Waals surface area contributed by atoms with Crippen molar-refractivity contribution in [2.75, 3.05) is 6.61 Å². The summed E-state index contributed by atoms with van der Waals surface area (Å²) in [5.74, 6) is 0. The lowest BCUT2D eigenvalue weighted by Crippen LogP contribution is -1.91. The molecule has 2 rings (SSSR count). The molecule has 2 aromatic rings. The second-order valence-corrected chi connectivity index (χ2v) is 4.20. The van der Waals surface area contributed by atoms with Crippen molar-refractivity contribution in [2.45, 2.75) is 6.61 Å². The van der Waals surface area contributed by atoms with E-state index in [4.69, 9.17) is 4.74 Å². The molecule has 0 saturated carbocycles. The van der Waals surface area contributed by atoms with Gasteiger partial charge in [0, 0.05) is 0 Å². The molecule has 0 saturated heterocycles. The Morgan fingerprint density at radius 1 is 0.789 bits per heavy atom. The van der Waals surface area contributed by atoms with Crippen molar-refractivity contribution < 1.29 is 4.74 Å². The Balaban J connectivity index is 1.66. The summed E-state index contributed by atoms with van der Waals surface area (Å²) >= 11 is 0. The van der Waals surface area contributed by atoms with Crippen molar-refractivity contribution in [1.29, 1.82) is 0 Å². The van der Waals surface area contributed by atoms with Crippen LogP contribution in [-0.2, 0) is 11.3 Å². The Labute approximate surface area is 114 Å². The van der Waals surface area contributed by atoms with Gasteiger partial charge in [-0.05, 0) is 11.1 Å². The summed E-state index contributed by atoms with van der Waals surface area (Å²) in [4.78, 5) is 0. The summed E-state index contributed by atoms with van der Waals surface area (Å²) in [6, 6.07) is 20.4. The summed E-state index contributed by atoms with van der Waals surface area (Å²) in [5, 5.41) is 0. The van der Waals surface area contributed by atoms with Crippen LogP contribution in [0, 0.1) is 0 Å². The number of allylic oxidation sites excluding steroid dienone is 2. The first-order chi connectivity index (χ1) is 9.45. The first-order valence-corrected chi connectivity index (χ1v) is 6.45. The van der Waals surface area contributed by atoms with Crippen molar-refractivity contribution in [3.63, 3.8) is 0 Å². The van der Waals surface area contributed by atoms with Crippen LogP contribution in [0.15, 0.2) is 78.9 Å². The topological polar surface area (TPSA) is 9.23 Å². The van der Waals surface area contributed by atoms with Crippen molar-refractivity contribution in [3.8, 4) is 0 Å². The minimum Gasteiger partial charge on any atom is -0.373 e. The van der Waals surface area contributed by atoms with Gasteiger partial charge in [-0.3, -0.25) is 0 Å². The third-order valence-corrected chi connectivity index (χ3v) is 2.66. The van der Waals surface area contributed by atoms with Crippen LogP contribution in [0.5, 0.6) is 0 Å². The smallest absolute Gasteiger partial charge is 0.0721 e. The number of benzene rings is 2. The van der Waals surface area contributed by atoms with Gasteiger partial charge in [0.1, 0.15) is 0 Å². The van der Waals surface area contributed by atoms with Gasteiger partial charge < -0.3 is 4.74 Å². The van der Waals surface area contributed by atoms with Crippen LogP contribution in [-0.4, -0.2) is 6.61 Å². The standard InChI is InChI=1S/C18H18O/c1-4-10-17(11-5-1)12-8-3-9-15-19-16-18-13-6-2-7-14-18/h1-14H,15-16H2/b9-3-,12-8+. The Morgan fingerprint density at radius 3 is 2.21 bits per heavy atom. The summed E-state index contributed by atoms with van der Waals surface area (Å²) in [6.07, 6.45) is 8.13. The molecule has 0 bridgehead atoms. The van der Waals surface area contributed by atoms with Crippen LogP contribution in [0.2, 0.25) is 0 Å². The first-order valence-electron chi connectivity index (χ1n) is 6.45. The van der Waals surface area contributed by atoms with Crippen molar-refractivity contribution in [3.05, 3.63) is 90.0 Å². The van der Waals surface area contributed by atoms with E-state index >= 15 is 0 Å². The summed E-state index contributed by atoms with van der Waals surface area (Å²) in [6.45, 7) is 1.29. The molecule has 0 fully saturated rings. The summed E-state index contributed by atoms with van der Waals surface area (Å²) in [5.41, 5.74) is 2.41. The number of hydrogen-bond donors (Lipinski definition) is 0. The largest absolute Gasteiger partial charge is 0.373 e. The van der Waals surface area contributed by atoms with Crippen LogP contribution >= 0.6 is 0 Å². The van der Waals surface area contributed by atoms with Crippen molar-refractivity contribution in [1.82, 2.24) is 0 Å². The molecule has 0 aromatic heterocycles. The zero-order valence-electron chi connectivity index (χ0n) is 10.9. The summed E-state index contributed by atoms with van der Waals surface area (Å²) < 4.78 is 5.55. The first kappa shape index (κ1) is 13.3. The van der Waals surface area contributed by atoms with E-state index in [-0.39, 0.29) is 0 Å². The van der Waals surface area contributed by atoms with Gasteiger partial charge in [-0.2, -0.15) is 0 Å². The molecular formula is C18H18O. The maximum atomic E-state index is 5.55. The Morgan fingerprint density at radius 2 is 1.47 bits per heavy atom. The molecule has 0 radical (unpaired) electrons. The average molecular weight is 250 g/mol. The Hall–Kier alpha value is -2.12. The van der Waals surface area contributed by atoms with Gasteiger partial charge in [-0.15, -0.1) is 0 Å². The molecule has 1 heteroatoms. The van der Waals surface area contributed by atoms with Gasteiger partial charge in [-0.25, -0.2) is 0 Å². The molecular weight excluding hydrogens is 232 g/mol. The minimum absolute atomic E-state index is 0.633. The van der Waals surface area contributed by atoms with E-state index in [0.29, 0.717) is 13.2 Å². The van der Waals surface area contributed by atoms with Gasteiger partial charge in [0.15, 0.2) is 0 Å². The van der Waals surface area contributed by atoms with E-state index in [1.165, 1.54) is 11.1 Å². The Kier molecular flexibility index (Phi) is 5.65. The average Bonchev–Trinajstić information content (AvgIpc) is 2.48. The third kappa shape index (κ3) is 5.36. The molecule has 0 spiro atoms. The SMILES string of the molecule is C(=C/COCc1ccccc1)/C=C/c1ccccc1. The van der Waals surface area contributed by atoms with E-state index in [9.17, 15) is 0 Å². The maximum absolute atomic E-state index is 5.55. The van der Waals surface area contributed by atoms with Crippen molar-refractivity contribution >= 4 is 6.08 Å². The molecule has 0 N–H and O–H groups in total. The fraction of sp³-hybridized carbons (Fsp3) is 0.111. The highest BCUT2D eigenvalue weighted by molar-refractivity contribution is 5.50. The molecule has 0 heterocycles. The molecule has 96 valence electrons. The van der Waals surface area contributed by atoms with Crippen LogP contribution in [0.4, 0.5) is 0 Å². The normalized spacial score (nSPS) is 11.4. The number of ether oxygens (including phenoxy) is 1. The van der Waals surface area contributed by atoms with Crippen LogP contribution in [0.25, 0.3) is 6.08 Å². The lowest BCUT2D eigenvalue weighted by Gasteiger charge is -2.00. The molecule has 0 aliphatic carbocycles. The quantitative estimate of drug-likeness (QED) is 0.543. The summed E-state index contributed by atoms with van der Waals surface area (Å²) in [7, 11) is 0. The van der Waals surface area contributed by atoms with Crippen LogP contribution < -0.4 is 0 Å². The van der Waals surface area contributed by atoms with Crippen LogP contribution in [0.1, 0.15) is 11.1 Å². The van der Waals surface area contributed by atoms with E-state index in [2.05, 4.69) is 30.3 Å². The van der Waals surface area contributed by atoms with Gasteiger partial charge in [0.25, 0.3) is 0 Å². The zero-order valence-corrected chi connectivity index (χ0v) is 10.9. The van der Waals surface area contributed by atoms with Gasteiger partial charge in [0.2, 0.25) is 0 Å². The van der Waals surface area contributed by atoms with E-state index in [1.54, 1.807) is 0 Å². The van der Waals surface area contributed by atoms with Gasteiger partial charge >= 0.3 is 0 Å². The molecule has 1 nitrogen and oxygen atoms in total. The van der Waals surface area contributed by atoms with E-state index in [0.717, 1.165) is 0 Å². The second-order valence-electron chi connectivity index (χ2n) is 4.20. The van der Waals surface area contributed by atoms with Crippen molar-refractivity contribution in [2.24, 2.45) is 0 Å². The molecule has 0 atom stereocenters. The van der Waals surface area contributed by atoms with E-state index < -0.39 is 0 Å². The highest BCUT2D eigenvalue weighted by atomic mass is 16.5. The monoisotopic (exact) mass is 250 g/mol. The predicted octanol–water partition coefficient (Wildman–Crippen LogP) is 4.47. The van der Waals surface area contributed by atoms with E-state index in [1.807, 2.05) is 54.6 Å². The molecule has 0 amide bonds. The fourth-order valence-corrected chi connectivity index (χ4v) is 1.68.